The van der Waals surface area contributed by atoms with E-state index in [0.717, 1.165) is 6.54 Å². The van der Waals surface area contributed by atoms with Gasteiger partial charge in [0, 0.05) is 17.5 Å². The summed E-state index contributed by atoms with van der Waals surface area (Å²) in [4.78, 5) is 1.40. The van der Waals surface area contributed by atoms with Crippen molar-refractivity contribution in [1.82, 2.24) is 5.32 Å². The average molecular weight is 245 g/mol. The Labute approximate surface area is 108 Å². The Morgan fingerprint density at radius 1 is 1.24 bits per heavy atom. The zero-order valence-electron chi connectivity index (χ0n) is 10.7. The standard InChI is InChI=1S/C15H19NS/c1-11-6-7-14(12(2)9-11)10-16-13(3)15-5-4-8-17-15/h4-9,13,16H,10H2,1-3H3. The Hall–Kier alpha value is -1.12. The predicted octanol–water partition coefficient (Wildman–Crippen LogP) is 4.22. The second-order valence-electron chi connectivity index (χ2n) is 4.55. The summed E-state index contributed by atoms with van der Waals surface area (Å²) in [5.41, 5.74) is 4.09. The maximum atomic E-state index is 3.57. The van der Waals surface area contributed by atoms with Gasteiger partial charge in [-0.15, -0.1) is 11.3 Å². The van der Waals surface area contributed by atoms with Crippen LogP contribution in [0.1, 0.15) is 34.5 Å². The summed E-state index contributed by atoms with van der Waals surface area (Å²) in [5, 5.41) is 5.70. The van der Waals surface area contributed by atoms with Crippen LogP contribution in [0.25, 0.3) is 0 Å². The number of rotatable bonds is 4. The Kier molecular flexibility index (Phi) is 3.97. The summed E-state index contributed by atoms with van der Waals surface area (Å²) >= 11 is 1.81. The van der Waals surface area contributed by atoms with E-state index in [1.165, 1.54) is 21.6 Å². The number of thiophene rings is 1. The number of nitrogens with one attached hydrogen (secondary N) is 1. The second-order valence-corrected chi connectivity index (χ2v) is 5.53. The first-order chi connectivity index (χ1) is 8.16. The van der Waals surface area contributed by atoms with Crippen LogP contribution in [0.5, 0.6) is 0 Å². The van der Waals surface area contributed by atoms with E-state index in [2.05, 4.69) is 61.8 Å². The van der Waals surface area contributed by atoms with Gasteiger partial charge >= 0.3 is 0 Å². The van der Waals surface area contributed by atoms with E-state index in [4.69, 9.17) is 0 Å². The van der Waals surface area contributed by atoms with Gasteiger partial charge in [0.05, 0.1) is 0 Å². The van der Waals surface area contributed by atoms with Crippen LogP contribution in [0.2, 0.25) is 0 Å². The van der Waals surface area contributed by atoms with Crippen LogP contribution in [0.15, 0.2) is 35.7 Å². The van der Waals surface area contributed by atoms with Gasteiger partial charge in [-0.2, -0.15) is 0 Å². The molecule has 2 aromatic rings. The molecule has 1 unspecified atom stereocenters. The number of aryl methyl sites for hydroxylation is 2. The van der Waals surface area contributed by atoms with Crippen molar-refractivity contribution < 1.29 is 0 Å². The van der Waals surface area contributed by atoms with Crippen molar-refractivity contribution in [2.45, 2.75) is 33.4 Å². The van der Waals surface area contributed by atoms with E-state index >= 15 is 0 Å². The first kappa shape index (κ1) is 12.3. The minimum atomic E-state index is 0.427. The lowest BCUT2D eigenvalue weighted by Gasteiger charge is -2.13. The molecular weight excluding hydrogens is 226 g/mol. The maximum Gasteiger partial charge on any atom is 0.0388 e. The molecule has 0 saturated carbocycles. The molecule has 2 rings (SSSR count). The molecule has 0 aliphatic carbocycles. The topological polar surface area (TPSA) is 12.0 Å². The van der Waals surface area contributed by atoms with E-state index in [1.807, 2.05) is 11.3 Å². The van der Waals surface area contributed by atoms with Crippen LogP contribution in [-0.2, 0) is 6.54 Å². The van der Waals surface area contributed by atoms with Gasteiger partial charge in [0.2, 0.25) is 0 Å². The van der Waals surface area contributed by atoms with Crippen LogP contribution in [0, 0.1) is 13.8 Å². The molecule has 1 aromatic heterocycles. The molecule has 0 spiro atoms. The van der Waals surface area contributed by atoms with Gasteiger partial charge in [-0.05, 0) is 43.3 Å². The Bertz CT molecular complexity index is 474. The summed E-state index contributed by atoms with van der Waals surface area (Å²) in [6, 6.07) is 11.4. The maximum absolute atomic E-state index is 3.57. The fourth-order valence-corrected chi connectivity index (χ4v) is 2.70. The lowest BCUT2D eigenvalue weighted by Crippen LogP contribution is -2.17. The summed E-state index contributed by atoms with van der Waals surface area (Å²) in [7, 11) is 0. The monoisotopic (exact) mass is 245 g/mol. The van der Waals surface area contributed by atoms with Crippen molar-refractivity contribution in [1.29, 1.82) is 0 Å². The average Bonchev–Trinajstić information content (AvgIpc) is 2.81. The highest BCUT2D eigenvalue weighted by Gasteiger charge is 2.06. The Morgan fingerprint density at radius 2 is 2.06 bits per heavy atom. The van der Waals surface area contributed by atoms with Gasteiger partial charge in [0.25, 0.3) is 0 Å². The largest absolute Gasteiger partial charge is 0.305 e. The summed E-state index contributed by atoms with van der Waals surface area (Å²) < 4.78 is 0. The van der Waals surface area contributed by atoms with Crippen molar-refractivity contribution in [2.75, 3.05) is 0 Å². The molecule has 0 radical (unpaired) electrons. The van der Waals surface area contributed by atoms with Crippen molar-refractivity contribution in [2.24, 2.45) is 0 Å². The number of hydrogen-bond donors (Lipinski definition) is 1. The fourth-order valence-electron chi connectivity index (χ4n) is 1.95. The molecule has 0 aliphatic rings. The van der Waals surface area contributed by atoms with E-state index in [1.54, 1.807) is 0 Å². The van der Waals surface area contributed by atoms with Gasteiger partial charge < -0.3 is 5.32 Å². The summed E-state index contributed by atoms with van der Waals surface area (Å²) in [5.74, 6) is 0. The van der Waals surface area contributed by atoms with E-state index in [9.17, 15) is 0 Å². The van der Waals surface area contributed by atoms with Gasteiger partial charge in [-0.25, -0.2) is 0 Å². The van der Waals surface area contributed by atoms with Gasteiger partial charge in [0.15, 0.2) is 0 Å². The smallest absolute Gasteiger partial charge is 0.0388 e. The second kappa shape index (κ2) is 5.48. The number of benzene rings is 1. The van der Waals surface area contributed by atoms with Crippen molar-refractivity contribution >= 4 is 11.3 Å². The van der Waals surface area contributed by atoms with Crippen LogP contribution in [0.4, 0.5) is 0 Å². The SMILES string of the molecule is Cc1ccc(CNC(C)c2cccs2)c(C)c1. The highest BCUT2D eigenvalue weighted by Crippen LogP contribution is 2.19. The van der Waals surface area contributed by atoms with Gasteiger partial charge in [0.1, 0.15) is 0 Å². The zero-order chi connectivity index (χ0) is 12.3. The minimum Gasteiger partial charge on any atom is -0.305 e. The van der Waals surface area contributed by atoms with Gasteiger partial charge in [-0.1, -0.05) is 29.8 Å². The van der Waals surface area contributed by atoms with E-state index in [-0.39, 0.29) is 0 Å². The molecule has 0 saturated heterocycles. The van der Waals surface area contributed by atoms with E-state index < -0.39 is 0 Å². The first-order valence-corrected chi connectivity index (χ1v) is 6.87. The predicted molar refractivity (Wildman–Crippen MR) is 75.5 cm³/mol. The number of hydrogen-bond acceptors (Lipinski definition) is 2. The molecule has 2 heteroatoms. The van der Waals surface area contributed by atoms with Crippen molar-refractivity contribution in [3.05, 3.63) is 57.3 Å². The lowest BCUT2D eigenvalue weighted by atomic mass is 10.1. The molecule has 90 valence electrons. The van der Waals surface area contributed by atoms with Crippen LogP contribution in [0.3, 0.4) is 0 Å². The Balaban J connectivity index is 1.98. The molecule has 0 fully saturated rings. The van der Waals surface area contributed by atoms with Crippen LogP contribution < -0.4 is 5.32 Å². The molecule has 1 atom stereocenters. The quantitative estimate of drug-likeness (QED) is 0.850. The Morgan fingerprint density at radius 3 is 2.71 bits per heavy atom. The highest BCUT2D eigenvalue weighted by molar-refractivity contribution is 7.10. The van der Waals surface area contributed by atoms with E-state index in [0.29, 0.717) is 6.04 Å². The van der Waals surface area contributed by atoms with Gasteiger partial charge in [-0.3, -0.25) is 0 Å². The molecule has 0 amide bonds. The highest BCUT2D eigenvalue weighted by atomic mass is 32.1. The molecule has 1 nitrogen and oxygen atoms in total. The molecule has 1 aromatic carbocycles. The first-order valence-electron chi connectivity index (χ1n) is 6.00. The normalized spacial score (nSPS) is 12.6. The van der Waals surface area contributed by atoms with Crippen LogP contribution in [-0.4, -0.2) is 0 Å². The van der Waals surface area contributed by atoms with Crippen molar-refractivity contribution in [3.63, 3.8) is 0 Å². The third-order valence-electron chi connectivity index (χ3n) is 3.07. The third-order valence-corrected chi connectivity index (χ3v) is 4.12. The molecule has 0 aliphatic heterocycles. The molecule has 1 heterocycles. The third kappa shape index (κ3) is 3.18. The zero-order valence-corrected chi connectivity index (χ0v) is 11.5. The molecule has 17 heavy (non-hydrogen) atoms. The fraction of sp³-hybridized carbons (Fsp3) is 0.333. The molecular formula is C15H19NS. The van der Waals surface area contributed by atoms with Crippen LogP contribution >= 0.6 is 11.3 Å². The lowest BCUT2D eigenvalue weighted by molar-refractivity contribution is 0.581. The molecule has 1 N–H and O–H groups in total. The summed E-state index contributed by atoms with van der Waals surface area (Å²) in [6.07, 6.45) is 0. The summed E-state index contributed by atoms with van der Waals surface area (Å²) in [6.45, 7) is 7.47. The molecule has 0 bridgehead atoms. The van der Waals surface area contributed by atoms with Crippen molar-refractivity contribution in [3.8, 4) is 0 Å². The minimum absolute atomic E-state index is 0.427.